The standard InChI is InChI=1S/C16H20N2OS/c1-15(2,9-17)14-18-12-10-7-5-6-8-11(10)19-16(3,4)13(12)20-14/h5-8H,9,17H2,1-4H3. The third-order valence-corrected chi connectivity index (χ3v) is 5.50. The highest BCUT2D eigenvalue weighted by molar-refractivity contribution is 7.12. The van der Waals surface area contributed by atoms with Gasteiger partial charge in [0.05, 0.1) is 10.6 Å². The van der Waals surface area contributed by atoms with E-state index in [9.17, 15) is 0 Å². The molecule has 1 aromatic heterocycles. The van der Waals surface area contributed by atoms with E-state index in [2.05, 4.69) is 33.8 Å². The van der Waals surface area contributed by atoms with Gasteiger partial charge in [0.2, 0.25) is 0 Å². The van der Waals surface area contributed by atoms with Crippen LogP contribution in [-0.2, 0) is 11.0 Å². The molecule has 1 aromatic carbocycles. The zero-order chi connectivity index (χ0) is 14.5. The van der Waals surface area contributed by atoms with Crippen LogP contribution in [0.15, 0.2) is 24.3 Å². The molecule has 0 bridgehead atoms. The van der Waals surface area contributed by atoms with E-state index in [1.807, 2.05) is 18.2 Å². The van der Waals surface area contributed by atoms with Gasteiger partial charge in [-0.05, 0) is 26.0 Å². The van der Waals surface area contributed by atoms with E-state index in [1.54, 1.807) is 11.3 Å². The summed E-state index contributed by atoms with van der Waals surface area (Å²) in [6.45, 7) is 9.05. The third-order valence-electron chi connectivity index (χ3n) is 3.77. The highest BCUT2D eigenvalue weighted by Crippen LogP contribution is 2.48. The maximum absolute atomic E-state index is 6.14. The van der Waals surface area contributed by atoms with Gasteiger partial charge in [-0.1, -0.05) is 26.0 Å². The lowest BCUT2D eigenvalue weighted by Gasteiger charge is -2.31. The Kier molecular flexibility index (Phi) is 2.92. The molecule has 0 amide bonds. The Morgan fingerprint density at radius 3 is 2.70 bits per heavy atom. The van der Waals surface area contributed by atoms with Crippen molar-refractivity contribution < 1.29 is 4.74 Å². The van der Waals surface area contributed by atoms with Gasteiger partial charge in [0.15, 0.2) is 0 Å². The molecule has 2 heterocycles. The van der Waals surface area contributed by atoms with Crippen molar-refractivity contribution in [1.82, 2.24) is 4.98 Å². The average molecular weight is 288 g/mol. The molecule has 3 rings (SSSR count). The van der Waals surface area contributed by atoms with Gasteiger partial charge in [-0.15, -0.1) is 11.3 Å². The van der Waals surface area contributed by atoms with Crippen LogP contribution in [0.25, 0.3) is 11.3 Å². The zero-order valence-electron chi connectivity index (χ0n) is 12.4. The first-order chi connectivity index (χ1) is 9.35. The molecule has 0 unspecified atom stereocenters. The van der Waals surface area contributed by atoms with Crippen LogP contribution in [-0.4, -0.2) is 11.5 Å². The highest BCUT2D eigenvalue weighted by atomic mass is 32.1. The van der Waals surface area contributed by atoms with Crippen LogP contribution >= 0.6 is 11.3 Å². The number of rotatable bonds is 2. The molecule has 0 radical (unpaired) electrons. The van der Waals surface area contributed by atoms with Gasteiger partial charge in [-0.3, -0.25) is 0 Å². The first-order valence-corrected chi connectivity index (χ1v) is 7.67. The number of nitrogens with two attached hydrogens (primary N) is 1. The second-order valence-electron chi connectivity index (χ2n) is 6.39. The number of hydrogen-bond donors (Lipinski definition) is 1. The van der Waals surface area contributed by atoms with Gasteiger partial charge in [0.1, 0.15) is 16.4 Å². The normalized spacial score (nSPS) is 16.2. The lowest BCUT2D eigenvalue weighted by molar-refractivity contribution is 0.109. The number of fused-ring (bicyclic) bond motifs is 3. The fourth-order valence-electron chi connectivity index (χ4n) is 2.36. The Bertz CT molecular complexity index is 658. The molecular formula is C16H20N2OS. The van der Waals surface area contributed by atoms with Crippen molar-refractivity contribution in [2.75, 3.05) is 6.54 Å². The van der Waals surface area contributed by atoms with Crippen molar-refractivity contribution in [2.45, 2.75) is 38.7 Å². The molecule has 0 aliphatic carbocycles. The SMILES string of the molecule is CC(C)(CN)c1nc2c(s1)C(C)(C)Oc1ccccc1-2. The van der Waals surface area contributed by atoms with Crippen LogP contribution in [0, 0.1) is 0 Å². The molecule has 2 aromatic rings. The third kappa shape index (κ3) is 1.95. The highest BCUT2D eigenvalue weighted by Gasteiger charge is 2.38. The summed E-state index contributed by atoms with van der Waals surface area (Å²) in [4.78, 5) is 6.08. The molecular weight excluding hydrogens is 268 g/mol. The Labute approximate surface area is 123 Å². The summed E-state index contributed by atoms with van der Waals surface area (Å²) in [5.41, 5.74) is 7.58. The second kappa shape index (κ2) is 4.30. The molecule has 106 valence electrons. The zero-order valence-corrected chi connectivity index (χ0v) is 13.2. The van der Waals surface area contributed by atoms with E-state index in [0.717, 1.165) is 22.0 Å². The smallest absolute Gasteiger partial charge is 0.140 e. The van der Waals surface area contributed by atoms with E-state index in [4.69, 9.17) is 15.5 Å². The van der Waals surface area contributed by atoms with Crippen LogP contribution in [0.2, 0.25) is 0 Å². The number of nitrogens with zero attached hydrogens (tertiary/aromatic N) is 1. The molecule has 0 atom stereocenters. The van der Waals surface area contributed by atoms with Crippen molar-refractivity contribution in [2.24, 2.45) is 5.73 Å². The van der Waals surface area contributed by atoms with E-state index in [-0.39, 0.29) is 11.0 Å². The lowest BCUT2D eigenvalue weighted by atomic mass is 9.94. The molecule has 4 heteroatoms. The number of benzene rings is 1. The summed E-state index contributed by atoms with van der Waals surface area (Å²) >= 11 is 1.72. The molecule has 20 heavy (non-hydrogen) atoms. The Morgan fingerprint density at radius 1 is 1.30 bits per heavy atom. The van der Waals surface area contributed by atoms with Crippen LogP contribution in [0.4, 0.5) is 0 Å². The van der Waals surface area contributed by atoms with E-state index in [0.29, 0.717) is 6.54 Å². The predicted octanol–water partition coefficient (Wildman–Crippen LogP) is 3.67. The summed E-state index contributed by atoms with van der Waals surface area (Å²) in [5.74, 6) is 0.910. The van der Waals surface area contributed by atoms with Crippen molar-refractivity contribution in [3.63, 3.8) is 0 Å². The molecule has 3 nitrogen and oxygen atoms in total. The number of ether oxygens (including phenoxy) is 1. The topological polar surface area (TPSA) is 48.1 Å². The molecule has 1 aliphatic heterocycles. The van der Waals surface area contributed by atoms with Gasteiger partial charge in [0, 0.05) is 17.5 Å². The van der Waals surface area contributed by atoms with Crippen LogP contribution in [0.3, 0.4) is 0 Å². The quantitative estimate of drug-likeness (QED) is 0.917. The van der Waals surface area contributed by atoms with Crippen molar-refractivity contribution in [3.8, 4) is 17.0 Å². The number of thiazole rings is 1. The van der Waals surface area contributed by atoms with E-state index in [1.165, 1.54) is 4.88 Å². The lowest BCUT2D eigenvalue weighted by Crippen LogP contribution is -2.28. The first-order valence-electron chi connectivity index (χ1n) is 6.85. The molecule has 0 spiro atoms. The van der Waals surface area contributed by atoms with Gasteiger partial charge in [-0.2, -0.15) is 0 Å². The van der Waals surface area contributed by atoms with E-state index < -0.39 is 0 Å². The van der Waals surface area contributed by atoms with Crippen molar-refractivity contribution in [3.05, 3.63) is 34.2 Å². The first kappa shape index (κ1) is 13.6. The Hall–Kier alpha value is -1.39. The molecule has 0 fully saturated rings. The molecule has 1 aliphatic rings. The molecule has 0 saturated heterocycles. The summed E-state index contributed by atoms with van der Waals surface area (Å²) < 4.78 is 6.14. The van der Waals surface area contributed by atoms with Crippen molar-refractivity contribution in [1.29, 1.82) is 0 Å². The summed E-state index contributed by atoms with van der Waals surface area (Å²) in [5, 5.41) is 1.08. The summed E-state index contributed by atoms with van der Waals surface area (Å²) in [7, 11) is 0. The fourth-order valence-corrected chi connectivity index (χ4v) is 3.59. The minimum absolute atomic E-state index is 0.104. The predicted molar refractivity (Wildman–Crippen MR) is 83.3 cm³/mol. The largest absolute Gasteiger partial charge is 0.482 e. The monoisotopic (exact) mass is 288 g/mol. The van der Waals surface area contributed by atoms with Gasteiger partial charge in [0.25, 0.3) is 0 Å². The van der Waals surface area contributed by atoms with Crippen LogP contribution in [0.1, 0.15) is 37.6 Å². The van der Waals surface area contributed by atoms with Crippen LogP contribution in [0.5, 0.6) is 5.75 Å². The van der Waals surface area contributed by atoms with Gasteiger partial charge >= 0.3 is 0 Å². The van der Waals surface area contributed by atoms with Crippen molar-refractivity contribution >= 4 is 11.3 Å². The van der Waals surface area contributed by atoms with E-state index >= 15 is 0 Å². The molecule has 0 saturated carbocycles. The van der Waals surface area contributed by atoms with Gasteiger partial charge < -0.3 is 10.5 Å². The Balaban J connectivity index is 2.23. The second-order valence-corrected chi connectivity index (χ2v) is 7.39. The maximum atomic E-state index is 6.14. The average Bonchev–Trinajstić information content (AvgIpc) is 2.85. The minimum Gasteiger partial charge on any atom is -0.482 e. The summed E-state index contributed by atoms with van der Waals surface area (Å²) in [6, 6.07) is 8.10. The number of para-hydroxylation sites is 1. The maximum Gasteiger partial charge on any atom is 0.140 e. The Morgan fingerprint density at radius 2 is 2.00 bits per heavy atom. The minimum atomic E-state index is -0.343. The fraction of sp³-hybridized carbons (Fsp3) is 0.438. The molecule has 2 N–H and O–H groups in total. The van der Waals surface area contributed by atoms with Gasteiger partial charge in [-0.25, -0.2) is 4.98 Å². The number of hydrogen-bond acceptors (Lipinski definition) is 4. The summed E-state index contributed by atoms with van der Waals surface area (Å²) in [6.07, 6.45) is 0. The number of aromatic nitrogens is 1. The van der Waals surface area contributed by atoms with Crippen LogP contribution < -0.4 is 10.5 Å².